The van der Waals surface area contributed by atoms with Crippen LogP contribution in [0.2, 0.25) is 0 Å². The van der Waals surface area contributed by atoms with Crippen molar-refractivity contribution in [1.82, 2.24) is 4.98 Å². The smallest absolute Gasteiger partial charge is 0.306 e. The van der Waals surface area contributed by atoms with Gasteiger partial charge in [-0.15, -0.1) is 0 Å². The van der Waals surface area contributed by atoms with Crippen LogP contribution in [0, 0.1) is 12.7 Å². The van der Waals surface area contributed by atoms with Gasteiger partial charge in [0.05, 0.1) is 23.0 Å². The fourth-order valence-corrected chi connectivity index (χ4v) is 2.71. The second kappa shape index (κ2) is 5.33. The summed E-state index contributed by atoms with van der Waals surface area (Å²) >= 11 is 0. The standard InChI is InChI=1S/C16H12F4N2O/c1-9-4-6-21-8-12(9)22-7-5-10-2-3-11(16(18,19)20)14(17)13(10)15(22)23/h2-4,6,8H,5,7H2,1H3. The number of rotatable bonds is 1. The first kappa shape index (κ1) is 15.5. The van der Waals surface area contributed by atoms with Gasteiger partial charge >= 0.3 is 6.18 Å². The van der Waals surface area contributed by atoms with E-state index in [1.54, 1.807) is 19.2 Å². The van der Waals surface area contributed by atoms with Gasteiger partial charge in [0.1, 0.15) is 5.82 Å². The highest BCUT2D eigenvalue weighted by Crippen LogP contribution is 2.36. The van der Waals surface area contributed by atoms with Gasteiger partial charge < -0.3 is 4.90 Å². The lowest BCUT2D eigenvalue weighted by atomic mass is 9.95. The van der Waals surface area contributed by atoms with E-state index in [1.165, 1.54) is 17.2 Å². The number of hydrogen-bond acceptors (Lipinski definition) is 2. The number of benzene rings is 1. The summed E-state index contributed by atoms with van der Waals surface area (Å²) in [6.07, 6.45) is -1.57. The summed E-state index contributed by atoms with van der Waals surface area (Å²) in [4.78, 5) is 17.8. The molecule has 0 spiro atoms. The highest BCUT2D eigenvalue weighted by molar-refractivity contribution is 6.08. The molecule has 0 saturated carbocycles. The molecule has 0 radical (unpaired) electrons. The molecule has 1 aliphatic rings. The Kier molecular flexibility index (Phi) is 3.58. The maximum atomic E-state index is 14.3. The zero-order valence-corrected chi connectivity index (χ0v) is 12.1. The Morgan fingerprint density at radius 2 is 1.96 bits per heavy atom. The minimum atomic E-state index is -4.84. The lowest BCUT2D eigenvalue weighted by Crippen LogP contribution is -2.39. The van der Waals surface area contributed by atoms with Crippen LogP contribution in [0.25, 0.3) is 0 Å². The molecule has 1 aromatic heterocycles. The topological polar surface area (TPSA) is 33.2 Å². The molecular formula is C16H12F4N2O. The quantitative estimate of drug-likeness (QED) is 0.749. The van der Waals surface area contributed by atoms with Crippen LogP contribution in [-0.4, -0.2) is 17.4 Å². The Balaban J connectivity index is 2.11. The van der Waals surface area contributed by atoms with E-state index < -0.39 is 29.0 Å². The Bertz CT molecular complexity index is 786. The van der Waals surface area contributed by atoms with Gasteiger partial charge in [-0.25, -0.2) is 4.39 Å². The molecule has 0 N–H and O–H groups in total. The van der Waals surface area contributed by atoms with E-state index in [0.29, 0.717) is 17.3 Å². The number of nitrogens with zero attached hydrogens (tertiary/aromatic N) is 2. The molecule has 23 heavy (non-hydrogen) atoms. The molecule has 7 heteroatoms. The molecule has 2 heterocycles. The fourth-order valence-electron chi connectivity index (χ4n) is 2.71. The van der Waals surface area contributed by atoms with Crippen LogP contribution < -0.4 is 4.90 Å². The molecule has 1 aliphatic heterocycles. The van der Waals surface area contributed by atoms with Crippen LogP contribution in [0.4, 0.5) is 23.2 Å². The lowest BCUT2D eigenvalue weighted by molar-refractivity contribution is -0.140. The molecule has 0 unspecified atom stereocenters. The van der Waals surface area contributed by atoms with Crippen LogP contribution in [0.3, 0.4) is 0 Å². The largest absolute Gasteiger partial charge is 0.419 e. The Labute approximate surface area is 129 Å². The van der Waals surface area contributed by atoms with Crippen molar-refractivity contribution in [1.29, 1.82) is 0 Å². The van der Waals surface area contributed by atoms with Crippen LogP contribution in [0.5, 0.6) is 0 Å². The first-order valence-electron chi connectivity index (χ1n) is 6.91. The van der Waals surface area contributed by atoms with E-state index >= 15 is 0 Å². The first-order valence-corrected chi connectivity index (χ1v) is 6.91. The molecule has 2 aromatic rings. The Morgan fingerprint density at radius 3 is 2.61 bits per heavy atom. The predicted octanol–water partition coefficient (Wildman–Crippen LogP) is 3.75. The first-order chi connectivity index (χ1) is 10.8. The van der Waals surface area contributed by atoms with E-state index in [-0.39, 0.29) is 13.0 Å². The second-order valence-corrected chi connectivity index (χ2v) is 5.33. The summed E-state index contributed by atoms with van der Waals surface area (Å²) in [6.45, 7) is 2.02. The SMILES string of the molecule is Cc1ccncc1N1CCc2ccc(C(F)(F)F)c(F)c2C1=O. The molecule has 1 amide bonds. The normalized spacial score (nSPS) is 14.8. The van der Waals surface area contributed by atoms with Gasteiger partial charge in [0, 0.05) is 12.7 Å². The number of hydrogen-bond donors (Lipinski definition) is 0. The third kappa shape index (κ3) is 2.56. The van der Waals surface area contributed by atoms with E-state index in [0.717, 1.165) is 5.56 Å². The van der Waals surface area contributed by atoms with Crippen molar-refractivity contribution in [2.45, 2.75) is 19.5 Å². The second-order valence-electron chi connectivity index (χ2n) is 5.33. The molecule has 3 nitrogen and oxygen atoms in total. The summed E-state index contributed by atoms with van der Waals surface area (Å²) in [5, 5.41) is 0. The van der Waals surface area contributed by atoms with Gasteiger partial charge in [0.25, 0.3) is 5.91 Å². The summed E-state index contributed by atoms with van der Waals surface area (Å²) in [5.41, 5.74) is -0.425. The van der Waals surface area contributed by atoms with Crippen LogP contribution in [0.15, 0.2) is 30.6 Å². The Morgan fingerprint density at radius 1 is 1.22 bits per heavy atom. The number of carbonyl (C=O) groups is 1. The van der Waals surface area contributed by atoms with E-state index in [2.05, 4.69) is 4.98 Å². The van der Waals surface area contributed by atoms with Crippen molar-refractivity contribution in [3.05, 3.63) is 58.7 Å². The average Bonchev–Trinajstić information content (AvgIpc) is 2.47. The molecule has 0 fully saturated rings. The molecule has 0 atom stereocenters. The number of amides is 1. The van der Waals surface area contributed by atoms with Crippen molar-refractivity contribution in [2.75, 3.05) is 11.4 Å². The number of anilines is 1. The molecule has 0 saturated heterocycles. The number of halogens is 4. The van der Waals surface area contributed by atoms with Crippen LogP contribution in [0.1, 0.15) is 27.0 Å². The molecule has 0 bridgehead atoms. The van der Waals surface area contributed by atoms with Gasteiger partial charge in [0.2, 0.25) is 0 Å². The molecular weight excluding hydrogens is 312 g/mol. The monoisotopic (exact) mass is 324 g/mol. The minimum absolute atomic E-state index is 0.267. The van der Waals surface area contributed by atoms with Crippen LogP contribution in [-0.2, 0) is 12.6 Å². The van der Waals surface area contributed by atoms with Gasteiger partial charge in [-0.2, -0.15) is 13.2 Å². The zero-order chi connectivity index (χ0) is 16.8. The molecule has 1 aromatic carbocycles. The number of fused-ring (bicyclic) bond motifs is 1. The zero-order valence-electron chi connectivity index (χ0n) is 12.1. The number of pyridine rings is 1. The van der Waals surface area contributed by atoms with Gasteiger partial charge in [-0.3, -0.25) is 9.78 Å². The summed E-state index contributed by atoms with van der Waals surface area (Å²) in [6, 6.07) is 3.54. The van der Waals surface area contributed by atoms with Crippen LogP contribution >= 0.6 is 0 Å². The summed E-state index contributed by atoms with van der Waals surface area (Å²) < 4.78 is 52.9. The fraction of sp³-hybridized carbons (Fsp3) is 0.250. The van der Waals surface area contributed by atoms with Gasteiger partial charge in [0.15, 0.2) is 0 Å². The predicted molar refractivity (Wildman–Crippen MR) is 75.8 cm³/mol. The summed E-state index contributed by atoms with van der Waals surface area (Å²) in [5.74, 6) is -2.28. The third-order valence-corrected chi connectivity index (χ3v) is 3.90. The maximum Gasteiger partial charge on any atom is 0.419 e. The van der Waals surface area contributed by atoms with Crippen molar-refractivity contribution < 1.29 is 22.4 Å². The van der Waals surface area contributed by atoms with Crippen molar-refractivity contribution in [3.8, 4) is 0 Å². The van der Waals surface area contributed by atoms with E-state index in [1.807, 2.05) is 0 Å². The lowest BCUT2D eigenvalue weighted by Gasteiger charge is -2.30. The number of alkyl halides is 3. The van der Waals surface area contributed by atoms with Gasteiger partial charge in [-0.1, -0.05) is 6.07 Å². The van der Waals surface area contributed by atoms with Crippen molar-refractivity contribution >= 4 is 11.6 Å². The number of aryl methyl sites for hydroxylation is 1. The van der Waals surface area contributed by atoms with Crippen molar-refractivity contribution in [3.63, 3.8) is 0 Å². The molecule has 120 valence electrons. The highest BCUT2D eigenvalue weighted by Gasteiger charge is 2.39. The third-order valence-electron chi connectivity index (χ3n) is 3.90. The van der Waals surface area contributed by atoms with Crippen molar-refractivity contribution in [2.24, 2.45) is 0 Å². The van der Waals surface area contributed by atoms with Gasteiger partial charge in [-0.05, 0) is 36.6 Å². The van der Waals surface area contributed by atoms with E-state index in [9.17, 15) is 22.4 Å². The molecule has 3 rings (SSSR count). The average molecular weight is 324 g/mol. The minimum Gasteiger partial charge on any atom is -0.306 e. The summed E-state index contributed by atoms with van der Waals surface area (Å²) in [7, 11) is 0. The number of carbonyl (C=O) groups excluding carboxylic acids is 1. The molecule has 0 aliphatic carbocycles. The number of aromatic nitrogens is 1. The highest BCUT2D eigenvalue weighted by atomic mass is 19.4. The maximum absolute atomic E-state index is 14.3. The van der Waals surface area contributed by atoms with E-state index in [4.69, 9.17) is 0 Å². The Hall–Kier alpha value is -2.44.